The molecule has 0 saturated carbocycles. The Kier molecular flexibility index (Phi) is 8.52. The summed E-state index contributed by atoms with van der Waals surface area (Å²) in [5.74, 6) is 0.892. The molecule has 2 fully saturated rings. The highest BCUT2D eigenvalue weighted by atomic mass is 35.5. The summed E-state index contributed by atoms with van der Waals surface area (Å²) in [4.78, 5) is 22.2. The normalized spacial score (nSPS) is 19.6. The molecule has 0 spiro atoms. The number of ether oxygens (including phenoxy) is 1. The Bertz CT molecular complexity index is 814. The zero-order valence-electron chi connectivity index (χ0n) is 16.8. The van der Waals surface area contributed by atoms with Crippen LogP contribution >= 0.6 is 24.8 Å². The molecule has 2 aliphatic rings. The van der Waals surface area contributed by atoms with Crippen LogP contribution in [0.1, 0.15) is 19.3 Å². The minimum atomic E-state index is -0.774. The van der Waals surface area contributed by atoms with Crippen molar-refractivity contribution in [1.82, 2.24) is 20.1 Å². The van der Waals surface area contributed by atoms with E-state index < -0.39 is 5.60 Å². The molecule has 1 aromatic carbocycles. The summed E-state index contributed by atoms with van der Waals surface area (Å²) in [5, 5.41) is 4.39. The molecule has 0 bridgehead atoms. The van der Waals surface area contributed by atoms with E-state index in [-0.39, 0.29) is 30.7 Å². The molecule has 6 nitrogen and oxygen atoms in total. The van der Waals surface area contributed by atoms with Gasteiger partial charge in [0.25, 0.3) is 5.91 Å². The van der Waals surface area contributed by atoms with E-state index in [1.807, 2.05) is 35.2 Å². The van der Waals surface area contributed by atoms with Crippen molar-refractivity contribution in [3.63, 3.8) is 0 Å². The maximum absolute atomic E-state index is 13.5. The van der Waals surface area contributed by atoms with Gasteiger partial charge in [0.05, 0.1) is 5.52 Å². The molecule has 1 aromatic heterocycles. The van der Waals surface area contributed by atoms with E-state index in [0.29, 0.717) is 12.8 Å². The van der Waals surface area contributed by atoms with Gasteiger partial charge in [-0.3, -0.25) is 9.78 Å². The molecule has 3 heterocycles. The molecule has 0 atom stereocenters. The first-order valence-corrected chi connectivity index (χ1v) is 9.89. The number of rotatable bonds is 3. The van der Waals surface area contributed by atoms with Gasteiger partial charge in [0.1, 0.15) is 5.75 Å². The molecule has 29 heavy (non-hydrogen) atoms. The van der Waals surface area contributed by atoms with Gasteiger partial charge in [-0.25, -0.2) is 0 Å². The van der Waals surface area contributed by atoms with Crippen molar-refractivity contribution in [1.29, 1.82) is 0 Å². The number of carbonyl (C=O) groups excluding carboxylic acids is 1. The first-order chi connectivity index (χ1) is 13.2. The van der Waals surface area contributed by atoms with E-state index in [2.05, 4.69) is 22.2 Å². The molecule has 0 radical (unpaired) electrons. The lowest BCUT2D eigenvalue weighted by Crippen LogP contribution is -2.58. The maximum Gasteiger partial charge on any atom is 0.266 e. The largest absolute Gasteiger partial charge is 0.477 e. The number of hydrogen-bond acceptors (Lipinski definition) is 5. The van der Waals surface area contributed by atoms with Crippen molar-refractivity contribution in [2.75, 3.05) is 46.3 Å². The van der Waals surface area contributed by atoms with E-state index in [1.165, 1.54) is 0 Å². The molecule has 1 N–H and O–H groups in total. The molecular formula is C21H30Cl2N4O2. The van der Waals surface area contributed by atoms with Crippen LogP contribution in [-0.2, 0) is 4.79 Å². The van der Waals surface area contributed by atoms with Gasteiger partial charge in [-0.2, -0.15) is 0 Å². The van der Waals surface area contributed by atoms with Gasteiger partial charge in [-0.15, -0.1) is 24.8 Å². The summed E-state index contributed by atoms with van der Waals surface area (Å²) in [6.07, 6.45) is 4.20. The Morgan fingerprint density at radius 3 is 2.69 bits per heavy atom. The van der Waals surface area contributed by atoms with E-state index >= 15 is 0 Å². The van der Waals surface area contributed by atoms with Crippen LogP contribution in [0, 0.1) is 0 Å². The number of fused-ring (bicyclic) bond motifs is 1. The second-order valence-electron chi connectivity index (χ2n) is 7.65. The molecule has 0 aliphatic carbocycles. The number of nitrogens with zero attached hydrogens (tertiary/aromatic N) is 3. The predicted molar refractivity (Wildman–Crippen MR) is 120 cm³/mol. The van der Waals surface area contributed by atoms with E-state index in [1.54, 1.807) is 6.20 Å². The lowest BCUT2D eigenvalue weighted by molar-refractivity contribution is -0.150. The molecule has 2 aromatic rings. The molecule has 2 aliphatic heterocycles. The van der Waals surface area contributed by atoms with Gasteiger partial charge in [-0.1, -0.05) is 6.07 Å². The Morgan fingerprint density at radius 1 is 1.10 bits per heavy atom. The van der Waals surface area contributed by atoms with Crippen LogP contribution in [0.3, 0.4) is 0 Å². The third kappa shape index (κ3) is 5.31. The van der Waals surface area contributed by atoms with Crippen LogP contribution in [0.2, 0.25) is 0 Å². The number of amides is 1. The molecule has 1 amide bonds. The molecule has 2 saturated heterocycles. The van der Waals surface area contributed by atoms with Gasteiger partial charge in [0.2, 0.25) is 0 Å². The zero-order chi connectivity index (χ0) is 18.7. The van der Waals surface area contributed by atoms with Crippen molar-refractivity contribution in [2.45, 2.75) is 24.9 Å². The molecule has 0 unspecified atom stereocenters. The number of pyridine rings is 1. The van der Waals surface area contributed by atoms with Crippen molar-refractivity contribution in [2.24, 2.45) is 0 Å². The number of halogens is 2. The van der Waals surface area contributed by atoms with Crippen LogP contribution in [0.4, 0.5) is 0 Å². The summed E-state index contributed by atoms with van der Waals surface area (Å²) in [5.41, 5.74) is 0.162. The van der Waals surface area contributed by atoms with Gasteiger partial charge in [-0.05, 0) is 57.4 Å². The van der Waals surface area contributed by atoms with E-state index in [9.17, 15) is 4.79 Å². The smallest absolute Gasteiger partial charge is 0.266 e. The minimum absolute atomic E-state index is 0. The minimum Gasteiger partial charge on any atom is -0.477 e. The van der Waals surface area contributed by atoms with Gasteiger partial charge < -0.3 is 19.9 Å². The molecule has 160 valence electrons. The highest BCUT2D eigenvalue weighted by Crippen LogP contribution is 2.30. The molecular weight excluding hydrogens is 411 g/mol. The number of likely N-dealkylation sites (N-methyl/N-ethyl adjacent to an activating group) is 1. The van der Waals surface area contributed by atoms with Crippen molar-refractivity contribution in [3.8, 4) is 5.75 Å². The Labute approximate surface area is 184 Å². The standard InChI is InChI=1S/C21H28N4O2.2ClH/c1-24-12-3-13-25(15-14-24)20(26)21(7-10-22-11-8-21)27-18-5-6-19-17(16-18)4-2-9-23-19;;/h2,4-6,9,16,22H,3,7-8,10-15H2,1H3;2*1H. The lowest BCUT2D eigenvalue weighted by atomic mass is 9.90. The summed E-state index contributed by atoms with van der Waals surface area (Å²) >= 11 is 0. The SMILES string of the molecule is CN1CCCN(C(=O)C2(Oc3ccc4ncccc4c3)CCNCC2)CC1.Cl.Cl. The topological polar surface area (TPSA) is 57.7 Å². The highest BCUT2D eigenvalue weighted by Gasteiger charge is 2.44. The van der Waals surface area contributed by atoms with Crippen LogP contribution in [-0.4, -0.2) is 72.6 Å². The van der Waals surface area contributed by atoms with Crippen LogP contribution in [0.5, 0.6) is 5.75 Å². The fraction of sp³-hybridized carbons (Fsp3) is 0.524. The van der Waals surface area contributed by atoms with E-state index in [0.717, 1.165) is 62.3 Å². The fourth-order valence-corrected chi connectivity index (χ4v) is 4.07. The van der Waals surface area contributed by atoms with Crippen molar-refractivity contribution >= 4 is 41.6 Å². The van der Waals surface area contributed by atoms with Crippen LogP contribution in [0.25, 0.3) is 10.9 Å². The van der Waals surface area contributed by atoms with Crippen molar-refractivity contribution < 1.29 is 9.53 Å². The van der Waals surface area contributed by atoms with Crippen molar-refractivity contribution in [3.05, 3.63) is 36.5 Å². The lowest BCUT2D eigenvalue weighted by Gasteiger charge is -2.40. The van der Waals surface area contributed by atoms with Crippen LogP contribution < -0.4 is 10.1 Å². The zero-order valence-corrected chi connectivity index (χ0v) is 18.4. The summed E-state index contributed by atoms with van der Waals surface area (Å²) in [6.45, 7) is 5.14. The third-order valence-corrected chi connectivity index (χ3v) is 5.70. The van der Waals surface area contributed by atoms with Gasteiger partial charge in [0, 0.05) is 44.1 Å². The number of hydrogen-bond donors (Lipinski definition) is 1. The summed E-state index contributed by atoms with van der Waals surface area (Å²) < 4.78 is 6.46. The summed E-state index contributed by atoms with van der Waals surface area (Å²) in [7, 11) is 2.12. The first-order valence-electron chi connectivity index (χ1n) is 9.89. The molecule has 4 rings (SSSR count). The maximum atomic E-state index is 13.5. The first kappa shape index (κ1) is 23.7. The second-order valence-corrected chi connectivity index (χ2v) is 7.65. The van der Waals surface area contributed by atoms with Gasteiger partial charge in [0.15, 0.2) is 5.60 Å². The fourth-order valence-electron chi connectivity index (χ4n) is 4.07. The number of nitrogens with one attached hydrogen (secondary N) is 1. The Hall–Kier alpha value is -1.60. The van der Waals surface area contributed by atoms with E-state index in [4.69, 9.17) is 4.74 Å². The number of carbonyl (C=O) groups is 1. The molecule has 8 heteroatoms. The monoisotopic (exact) mass is 440 g/mol. The Morgan fingerprint density at radius 2 is 1.90 bits per heavy atom. The second kappa shape index (κ2) is 10.4. The van der Waals surface area contributed by atoms with Gasteiger partial charge >= 0.3 is 0 Å². The summed E-state index contributed by atoms with van der Waals surface area (Å²) in [6, 6.07) is 9.84. The average molecular weight is 441 g/mol. The number of aromatic nitrogens is 1. The van der Waals surface area contributed by atoms with Crippen LogP contribution in [0.15, 0.2) is 36.5 Å². The highest BCUT2D eigenvalue weighted by molar-refractivity contribution is 5.86. The third-order valence-electron chi connectivity index (χ3n) is 5.70. The Balaban J connectivity index is 0.00000150. The number of benzene rings is 1. The average Bonchev–Trinajstić information content (AvgIpc) is 2.92. The predicted octanol–water partition coefficient (Wildman–Crippen LogP) is 2.74. The number of piperidine rings is 1. The quantitative estimate of drug-likeness (QED) is 0.794.